The molecule has 4 saturated carbocycles. The summed E-state index contributed by atoms with van der Waals surface area (Å²) in [6.45, 7) is 0. The van der Waals surface area contributed by atoms with Gasteiger partial charge in [-0.1, -0.05) is 0 Å². The van der Waals surface area contributed by atoms with Gasteiger partial charge in [-0.2, -0.15) is 0 Å². The van der Waals surface area contributed by atoms with E-state index in [-0.39, 0.29) is 17.5 Å². The number of ether oxygens (including phenoxy) is 2. The summed E-state index contributed by atoms with van der Waals surface area (Å²) in [4.78, 5) is 10.5. The highest BCUT2D eigenvalue weighted by molar-refractivity contribution is 5.50. The molecule has 118 valence electrons. The maximum atomic E-state index is 11.0. The lowest BCUT2D eigenvalue weighted by atomic mass is 9.55. The molecule has 4 bridgehead atoms. The van der Waals surface area contributed by atoms with Gasteiger partial charge in [0, 0.05) is 12.1 Å². The highest BCUT2D eigenvalue weighted by Gasteiger charge is 2.49. The van der Waals surface area contributed by atoms with E-state index in [0.717, 1.165) is 11.8 Å². The molecule has 0 saturated heterocycles. The first-order valence-corrected chi connectivity index (χ1v) is 8.13. The first-order chi connectivity index (χ1) is 10.6. The van der Waals surface area contributed by atoms with Crippen molar-refractivity contribution in [3.8, 4) is 11.5 Å². The van der Waals surface area contributed by atoms with Gasteiger partial charge in [-0.05, 0) is 61.8 Å². The second-order valence-corrected chi connectivity index (χ2v) is 7.10. The van der Waals surface area contributed by atoms with Gasteiger partial charge in [0.2, 0.25) is 5.75 Å². The van der Waals surface area contributed by atoms with Crippen LogP contribution in [0.4, 0.5) is 5.69 Å². The van der Waals surface area contributed by atoms with Crippen molar-refractivity contribution in [3.63, 3.8) is 0 Å². The van der Waals surface area contributed by atoms with Crippen molar-refractivity contribution in [3.05, 3.63) is 28.3 Å². The molecule has 0 unspecified atom stereocenters. The van der Waals surface area contributed by atoms with Crippen molar-refractivity contribution < 1.29 is 14.4 Å². The third kappa shape index (κ3) is 2.23. The average Bonchev–Trinajstić information content (AvgIpc) is 2.49. The van der Waals surface area contributed by atoms with E-state index in [1.165, 1.54) is 45.3 Å². The number of hydrogen-bond donors (Lipinski definition) is 0. The molecule has 22 heavy (non-hydrogen) atoms. The predicted molar refractivity (Wildman–Crippen MR) is 81.1 cm³/mol. The molecule has 1 aromatic rings. The first-order valence-electron chi connectivity index (χ1n) is 8.13. The zero-order valence-electron chi connectivity index (χ0n) is 12.7. The molecular weight excluding hydrogens is 282 g/mol. The minimum atomic E-state index is -0.425. The van der Waals surface area contributed by atoms with Crippen LogP contribution in [0.2, 0.25) is 0 Å². The van der Waals surface area contributed by atoms with Gasteiger partial charge in [-0.3, -0.25) is 10.1 Å². The second-order valence-electron chi connectivity index (χ2n) is 7.10. The van der Waals surface area contributed by atoms with Crippen LogP contribution in [0, 0.1) is 33.8 Å². The van der Waals surface area contributed by atoms with E-state index in [1.54, 1.807) is 12.1 Å². The van der Waals surface area contributed by atoms with Crippen LogP contribution in [0.1, 0.15) is 32.1 Å². The molecule has 0 atom stereocenters. The van der Waals surface area contributed by atoms with Crippen LogP contribution < -0.4 is 9.47 Å². The number of methoxy groups -OCH3 is 1. The van der Waals surface area contributed by atoms with Crippen molar-refractivity contribution in [2.75, 3.05) is 7.11 Å². The SMILES string of the molecule is COc1cc(OC2C3CC4CC(C3)CC2C4)ccc1[N+](=O)[O-]. The van der Waals surface area contributed by atoms with Gasteiger partial charge in [0.25, 0.3) is 0 Å². The van der Waals surface area contributed by atoms with E-state index in [2.05, 4.69) is 0 Å². The molecule has 5 heteroatoms. The molecule has 4 aliphatic carbocycles. The summed E-state index contributed by atoms with van der Waals surface area (Å²) < 4.78 is 11.4. The van der Waals surface area contributed by atoms with Crippen molar-refractivity contribution >= 4 is 5.69 Å². The lowest BCUT2D eigenvalue weighted by Gasteiger charge is -2.53. The normalized spacial score (nSPS) is 35.4. The Labute approximate surface area is 129 Å². The maximum absolute atomic E-state index is 11.0. The number of rotatable bonds is 4. The second kappa shape index (κ2) is 5.14. The van der Waals surface area contributed by atoms with Gasteiger partial charge in [-0.15, -0.1) is 0 Å². The van der Waals surface area contributed by atoms with Crippen LogP contribution in [0.5, 0.6) is 11.5 Å². The summed E-state index contributed by atoms with van der Waals surface area (Å²) >= 11 is 0. The number of nitro benzene ring substituents is 1. The summed E-state index contributed by atoms with van der Waals surface area (Å²) in [7, 11) is 1.45. The lowest BCUT2D eigenvalue weighted by molar-refractivity contribution is -0.385. The fourth-order valence-corrected chi connectivity index (χ4v) is 5.11. The molecule has 1 aromatic carbocycles. The van der Waals surface area contributed by atoms with Crippen LogP contribution in [0.3, 0.4) is 0 Å². The summed E-state index contributed by atoms with van der Waals surface area (Å²) in [6, 6.07) is 4.83. The van der Waals surface area contributed by atoms with Gasteiger partial charge in [0.05, 0.1) is 12.0 Å². The molecule has 5 nitrogen and oxygen atoms in total. The Balaban J connectivity index is 1.55. The Morgan fingerprint density at radius 2 is 1.73 bits per heavy atom. The summed E-state index contributed by atoms with van der Waals surface area (Å²) in [5.74, 6) is 4.11. The van der Waals surface area contributed by atoms with E-state index in [0.29, 0.717) is 17.6 Å². The Hall–Kier alpha value is -1.78. The lowest BCUT2D eigenvalue weighted by Crippen LogP contribution is -2.50. The minimum absolute atomic E-state index is 0.0140. The smallest absolute Gasteiger partial charge is 0.311 e. The van der Waals surface area contributed by atoms with Crippen molar-refractivity contribution in [1.82, 2.24) is 0 Å². The number of hydrogen-bond acceptors (Lipinski definition) is 4. The summed E-state index contributed by atoms with van der Waals surface area (Å²) in [5, 5.41) is 11.0. The molecule has 0 spiro atoms. The molecule has 0 aliphatic heterocycles. The average molecular weight is 303 g/mol. The molecule has 5 rings (SSSR count). The van der Waals surface area contributed by atoms with E-state index in [9.17, 15) is 10.1 Å². The highest BCUT2D eigenvalue weighted by Crippen LogP contribution is 2.54. The zero-order valence-corrected chi connectivity index (χ0v) is 12.7. The van der Waals surface area contributed by atoms with Gasteiger partial charge < -0.3 is 9.47 Å². The first kappa shape index (κ1) is 13.9. The van der Waals surface area contributed by atoms with E-state index in [4.69, 9.17) is 9.47 Å². The Morgan fingerprint density at radius 3 is 2.27 bits per heavy atom. The van der Waals surface area contributed by atoms with Crippen molar-refractivity contribution in [2.24, 2.45) is 23.7 Å². The molecular formula is C17H21NO4. The summed E-state index contributed by atoms with van der Waals surface area (Å²) in [5.41, 5.74) is -0.0140. The van der Waals surface area contributed by atoms with Gasteiger partial charge in [0.1, 0.15) is 11.9 Å². The monoisotopic (exact) mass is 303 g/mol. The van der Waals surface area contributed by atoms with Gasteiger partial charge in [-0.25, -0.2) is 0 Å². The Morgan fingerprint density at radius 1 is 1.09 bits per heavy atom. The largest absolute Gasteiger partial charge is 0.490 e. The van der Waals surface area contributed by atoms with Gasteiger partial charge in [0.15, 0.2) is 0 Å². The Kier molecular flexibility index (Phi) is 3.24. The Bertz CT molecular complexity index is 572. The van der Waals surface area contributed by atoms with Gasteiger partial charge >= 0.3 is 5.69 Å². The van der Waals surface area contributed by atoms with E-state index < -0.39 is 4.92 Å². The van der Waals surface area contributed by atoms with Crippen LogP contribution in [0.25, 0.3) is 0 Å². The number of benzene rings is 1. The van der Waals surface area contributed by atoms with Crippen LogP contribution in [-0.4, -0.2) is 18.1 Å². The molecule has 4 aliphatic rings. The maximum Gasteiger partial charge on any atom is 0.311 e. The van der Waals surface area contributed by atoms with Crippen LogP contribution in [0.15, 0.2) is 18.2 Å². The van der Waals surface area contributed by atoms with E-state index in [1.807, 2.05) is 0 Å². The standard InChI is InChI=1S/C17H21NO4/c1-21-16-9-14(2-3-15(16)18(19)20)22-17-12-5-10-4-11(7-12)8-13(17)6-10/h2-3,9-13,17H,4-8H2,1H3. The molecule has 0 aromatic heterocycles. The molecule has 0 amide bonds. The highest BCUT2D eigenvalue weighted by atomic mass is 16.6. The quantitative estimate of drug-likeness (QED) is 0.627. The van der Waals surface area contributed by atoms with Crippen LogP contribution in [-0.2, 0) is 0 Å². The van der Waals surface area contributed by atoms with Crippen molar-refractivity contribution in [2.45, 2.75) is 38.2 Å². The minimum Gasteiger partial charge on any atom is -0.490 e. The zero-order chi connectivity index (χ0) is 15.3. The third-order valence-electron chi connectivity index (χ3n) is 5.76. The fraction of sp³-hybridized carbons (Fsp3) is 0.647. The third-order valence-corrected chi connectivity index (χ3v) is 5.76. The fourth-order valence-electron chi connectivity index (χ4n) is 5.11. The summed E-state index contributed by atoms with van der Waals surface area (Å²) in [6.07, 6.45) is 6.87. The van der Waals surface area contributed by atoms with Crippen molar-refractivity contribution in [1.29, 1.82) is 0 Å². The predicted octanol–water partition coefficient (Wildman–Crippen LogP) is 3.81. The molecule has 0 N–H and O–H groups in total. The number of nitro groups is 1. The molecule has 0 radical (unpaired) electrons. The van der Waals surface area contributed by atoms with Crippen LogP contribution >= 0.6 is 0 Å². The topological polar surface area (TPSA) is 61.6 Å². The number of nitrogens with zero attached hydrogens (tertiary/aromatic N) is 1. The molecule has 0 heterocycles. The molecule has 4 fully saturated rings. The van der Waals surface area contributed by atoms with E-state index >= 15 is 0 Å².